The van der Waals surface area contributed by atoms with E-state index >= 15 is 0 Å². The molecular weight excluding hydrogens is 398 g/mol. The molecule has 0 spiro atoms. The number of hydrogen-bond acceptors (Lipinski definition) is 10. The molecule has 150 valence electrons. The maximum Gasteiger partial charge on any atom is 0.265 e. The predicted octanol–water partition coefficient (Wildman–Crippen LogP) is 3.86. The van der Waals surface area contributed by atoms with E-state index < -0.39 is 6.43 Å². The number of halogens is 2. The molecule has 0 atom stereocenters. The largest absolute Gasteiger partial charge is 0.472 e. The molecule has 4 aromatic heterocycles. The van der Waals surface area contributed by atoms with E-state index in [1.807, 2.05) is 0 Å². The number of rotatable bonds is 7. The number of nitrogens with one attached hydrogen (secondary N) is 1. The molecule has 0 aliphatic heterocycles. The summed E-state index contributed by atoms with van der Waals surface area (Å²) in [5.41, 5.74) is 9.65. The fourth-order valence-corrected chi connectivity index (χ4v) is 2.48. The van der Waals surface area contributed by atoms with Crippen molar-refractivity contribution in [1.29, 1.82) is 5.53 Å². The van der Waals surface area contributed by atoms with Crippen molar-refractivity contribution >= 4 is 16.9 Å². The summed E-state index contributed by atoms with van der Waals surface area (Å²) >= 11 is 0. The Balaban J connectivity index is 1.42. The molecule has 30 heavy (non-hydrogen) atoms. The van der Waals surface area contributed by atoms with Gasteiger partial charge >= 0.3 is 0 Å². The van der Waals surface area contributed by atoms with Crippen LogP contribution in [0.1, 0.15) is 17.7 Å². The second-order valence-corrected chi connectivity index (χ2v) is 5.88. The van der Waals surface area contributed by atoms with Crippen molar-refractivity contribution in [2.24, 2.45) is 5.11 Å². The molecule has 12 heteroatoms. The van der Waals surface area contributed by atoms with Gasteiger partial charge in [-0.25, -0.2) is 23.9 Å². The first-order valence-corrected chi connectivity index (χ1v) is 8.51. The van der Waals surface area contributed by atoms with Crippen LogP contribution in [0.5, 0.6) is 5.88 Å². The minimum absolute atomic E-state index is 0.0299. The van der Waals surface area contributed by atoms with E-state index in [1.165, 1.54) is 18.2 Å². The maximum absolute atomic E-state index is 12.6. The Labute approximate surface area is 167 Å². The SMILES string of the molecule is N=N/C(=C/COc1ccc(-c2cnc3nonc3c2)nn1)c1ccc(C(F)F)cn1. The topological polar surface area (TPSA) is 136 Å². The van der Waals surface area contributed by atoms with Crippen molar-refractivity contribution in [3.63, 3.8) is 0 Å². The molecule has 0 bridgehead atoms. The number of nitrogens with zero attached hydrogens (tertiary/aromatic N) is 7. The van der Waals surface area contributed by atoms with Crippen molar-refractivity contribution in [3.8, 4) is 17.1 Å². The van der Waals surface area contributed by atoms with Crippen molar-refractivity contribution in [2.45, 2.75) is 6.43 Å². The summed E-state index contributed by atoms with van der Waals surface area (Å²) in [7, 11) is 0. The smallest absolute Gasteiger partial charge is 0.265 e. The van der Waals surface area contributed by atoms with Gasteiger partial charge in [-0.15, -0.1) is 10.2 Å². The number of alkyl halides is 2. The van der Waals surface area contributed by atoms with Crippen molar-refractivity contribution in [2.75, 3.05) is 6.61 Å². The Bertz CT molecular complexity index is 1190. The van der Waals surface area contributed by atoms with E-state index in [9.17, 15) is 8.78 Å². The first-order chi connectivity index (χ1) is 14.6. The number of pyridine rings is 2. The van der Waals surface area contributed by atoms with Gasteiger partial charge in [0.15, 0.2) is 5.52 Å². The number of ether oxygens (including phenoxy) is 1. The van der Waals surface area contributed by atoms with Gasteiger partial charge in [-0.3, -0.25) is 4.98 Å². The Hall–Kier alpha value is -4.22. The third kappa shape index (κ3) is 4.11. The normalized spacial score (nSPS) is 11.8. The Morgan fingerprint density at radius 2 is 2.03 bits per heavy atom. The van der Waals surface area contributed by atoms with Crippen LogP contribution in [0.25, 0.3) is 28.1 Å². The Morgan fingerprint density at radius 1 is 1.13 bits per heavy atom. The van der Waals surface area contributed by atoms with Crippen LogP contribution < -0.4 is 4.74 Å². The van der Waals surface area contributed by atoms with Gasteiger partial charge in [0.2, 0.25) is 11.5 Å². The summed E-state index contributed by atoms with van der Waals surface area (Å²) in [5, 5.41) is 18.8. The zero-order valence-corrected chi connectivity index (χ0v) is 15.1. The summed E-state index contributed by atoms with van der Waals surface area (Å²) in [6.07, 6.45) is 1.50. The lowest BCUT2D eigenvalue weighted by atomic mass is 10.2. The summed E-state index contributed by atoms with van der Waals surface area (Å²) < 4.78 is 35.3. The van der Waals surface area contributed by atoms with Crippen molar-refractivity contribution < 1.29 is 18.1 Å². The zero-order valence-electron chi connectivity index (χ0n) is 15.1. The van der Waals surface area contributed by atoms with Crippen molar-refractivity contribution in [3.05, 3.63) is 60.1 Å². The zero-order chi connectivity index (χ0) is 20.9. The van der Waals surface area contributed by atoms with Gasteiger partial charge in [0, 0.05) is 29.6 Å². The highest BCUT2D eigenvalue weighted by Gasteiger charge is 2.10. The molecule has 0 saturated carbocycles. The average Bonchev–Trinajstić information content (AvgIpc) is 3.25. The van der Waals surface area contributed by atoms with Gasteiger partial charge in [-0.05, 0) is 40.7 Å². The third-order valence-corrected chi connectivity index (χ3v) is 3.98. The van der Waals surface area contributed by atoms with Crippen LogP contribution in [0, 0.1) is 5.53 Å². The molecule has 4 aromatic rings. The second-order valence-electron chi connectivity index (χ2n) is 5.88. The molecule has 0 aromatic carbocycles. The minimum Gasteiger partial charge on any atom is -0.472 e. The second kappa shape index (κ2) is 8.43. The first kappa shape index (κ1) is 19.1. The van der Waals surface area contributed by atoms with E-state index in [4.69, 9.17) is 10.3 Å². The lowest BCUT2D eigenvalue weighted by Gasteiger charge is -2.05. The van der Waals surface area contributed by atoms with Gasteiger partial charge < -0.3 is 4.74 Å². The quantitative estimate of drug-likeness (QED) is 0.454. The minimum atomic E-state index is -2.61. The van der Waals surface area contributed by atoms with E-state index in [0.717, 1.165) is 6.20 Å². The molecule has 1 N–H and O–H groups in total. The average molecular weight is 410 g/mol. The maximum atomic E-state index is 12.6. The molecule has 10 nitrogen and oxygen atoms in total. The van der Waals surface area contributed by atoms with E-state index in [-0.39, 0.29) is 29.4 Å². The van der Waals surface area contributed by atoms with Crippen LogP contribution in [-0.2, 0) is 0 Å². The molecule has 0 aliphatic rings. The van der Waals surface area contributed by atoms with Crippen LogP contribution in [0.3, 0.4) is 0 Å². The van der Waals surface area contributed by atoms with Crippen LogP contribution in [0.2, 0.25) is 0 Å². The molecule has 4 heterocycles. The molecule has 0 aliphatic carbocycles. The van der Waals surface area contributed by atoms with Gasteiger partial charge in [-0.1, -0.05) is 0 Å². The Kier molecular flexibility index (Phi) is 5.37. The molecule has 0 fully saturated rings. The van der Waals surface area contributed by atoms with Crippen LogP contribution in [0.4, 0.5) is 8.78 Å². The fraction of sp³-hybridized carbons (Fsp3) is 0.111. The highest BCUT2D eigenvalue weighted by Crippen LogP contribution is 2.21. The molecule has 0 radical (unpaired) electrons. The number of fused-ring (bicyclic) bond motifs is 1. The lowest BCUT2D eigenvalue weighted by molar-refractivity contribution is 0.151. The number of aromatic nitrogens is 6. The van der Waals surface area contributed by atoms with E-state index in [0.29, 0.717) is 22.4 Å². The van der Waals surface area contributed by atoms with Gasteiger partial charge in [0.05, 0.1) is 11.4 Å². The standard InChI is InChI=1S/C18H12F2N8O2/c19-17(20)10-1-2-13(22-8-10)14(24-21)5-6-29-16-4-3-12(25-26-16)11-7-15-18(23-9-11)28-30-27-15/h1-5,7-9,17,21H,6H2/b14-5+,24-21?. The summed E-state index contributed by atoms with van der Waals surface area (Å²) in [4.78, 5) is 8.00. The van der Waals surface area contributed by atoms with Crippen LogP contribution in [0.15, 0.2) is 58.5 Å². The van der Waals surface area contributed by atoms with E-state index in [1.54, 1.807) is 24.4 Å². The van der Waals surface area contributed by atoms with Gasteiger partial charge in [0.25, 0.3) is 6.43 Å². The van der Waals surface area contributed by atoms with E-state index in [2.05, 4.69) is 40.2 Å². The van der Waals surface area contributed by atoms with Gasteiger partial charge in [-0.2, -0.15) is 5.11 Å². The molecular formula is C18H12F2N8O2. The summed E-state index contributed by atoms with van der Waals surface area (Å²) in [5.74, 6) is 0.248. The van der Waals surface area contributed by atoms with Gasteiger partial charge in [0.1, 0.15) is 12.3 Å². The van der Waals surface area contributed by atoms with Crippen LogP contribution >= 0.6 is 0 Å². The third-order valence-electron chi connectivity index (χ3n) is 3.98. The lowest BCUT2D eigenvalue weighted by Crippen LogP contribution is -1.99. The molecule has 0 amide bonds. The first-order valence-electron chi connectivity index (χ1n) is 8.51. The fourth-order valence-electron chi connectivity index (χ4n) is 2.48. The van der Waals surface area contributed by atoms with Crippen LogP contribution in [-0.4, -0.2) is 37.1 Å². The summed E-state index contributed by atoms with van der Waals surface area (Å²) in [6.45, 7) is 0.0299. The predicted molar refractivity (Wildman–Crippen MR) is 98.4 cm³/mol. The Morgan fingerprint density at radius 3 is 2.73 bits per heavy atom. The molecule has 4 rings (SSSR count). The summed E-state index contributed by atoms with van der Waals surface area (Å²) in [6, 6.07) is 7.64. The molecule has 0 saturated heterocycles. The highest BCUT2D eigenvalue weighted by atomic mass is 19.3. The molecule has 0 unspecified atom stereocenters. The van der Waals surface area contributed by atoms with Crippen molar-refractivity contribution in [1.82, 2.24) is 30.5 Å². The number of hydrogen-bond donors (Lipinski definition) is 1. The highest BCUT2D eigenvalue weighted by molar-refractivity contribution is 5.75. The monoisotopic (exact) mass is 410 g/mol.